The van der Waals surface area contributed by atoms with E-state index in [1.807, 2.05) is 0 Å². The van der Waals surface area contributed by atoms with Gasteiger partial charge in [-0.2, -0.15) is 0 Å². The molecule has 0 fully saturated rings. The van der Waals surface area contributed by atoms with Crippen molar-refractivity contribution in [1.29, 1.82) is 0 Å². The van der Waals surface area contributed by atoms with E-state index in [1.165, 1.54) is 29.7 Å². The number of nitrogens with one attached hydrogen (secondary N) is 1. The van der Waals surface area contributed by atoms with Crippen LogP contribution in [0, 0.1) is 0 Å². The molecule has 0 amide bonds. The predicted octanol–water partition coefficient (Wildman–Crippen LogP) is 2.21. The fourth-order valence-electron chi connectivity index (χ4n) is 2.31. The fourth-order valence-corrected chi connectivity index (χ4v) is 2.31. The van der Waals surface area contributed by atoms with Crippen molar-refractivity contribution >= 4 is 0 Å². The molecule has 2 rings (SSSR count). The highest BCUT2D eigenvalue weighted by molar-refractivity contribution is 5.32. The number of hydrogen-bond donors (Lipinski definition) is 1. The lowest BCUT2D eigenvalue weighted by Gasteiger charge is -2.18. The Balaban J connectivity index is 2.47. The van der Waals surface area contributed by atoms with Crippen LogP contribution in [0.5, 0.6) is 0 Å². The molecular weight excluding hydrogens is 174 g/mol. The van der Waals surface area contributed by atoms with Crippen molar-refractivity contribution < 1.29 is 0 Å². The van der Waals surface area contributed by atoms with Crippen LogP contribution in [0.1, 0.15) is 43.0 Å². The smallest absolute Gasteiger partial charge is 0.248 e. The number of hydrogen-bond acceptors (Lipinski definition) is 1. The van der Waals surface area contributed by atoms with Gasteiger partial charge in [-0.15, -0.1) is 0 Å². The van der Waals surface area contributed by atoms with Crippen molar-refractivity contribution in [2.45, 2.75) is 45.4 Å². The van der Waals surface area contributed by atoms with E-state index < -0.39 is 0 Å². The second-order valence-corrected chi connectivity index (χ2v) is 4.07. The van der Waals surface area contributed by atoms with Crippen LogP contribution in [0.25, 0.3) is 0 Å². The molecule has 1 aromatic rings. The zero-order chi connectivity index (χ0) is 9.97. The van der Waals surface area contributed by atoms with Crippen molar-refractivity contribution in [2.24, 2.45) is 0 Å². The summed E-state index contributed by atoms with van der Waals surface area (Å²) in [7, 11) is 0. The van der Waals surface area contributed by atoms with Crippen LogP contribution < -0.4 is 5.56 Å². The zero-order valence-electron chi connectivity index (χ0n) is 8.73. The van der Waals surface area contributed by atoms with Crippen LogP contribution >= 0.6 is 0 Å². The Morgan fingerprint density at radius 1 is 1.36 bits per heavy atom. The van der Waals surface area contributed by atoms with Gasteiger partial charge in [-0.1, -0.05) is 13.3 Å². The number of pyridine rings is 1. The first-order valence-electron chi connectivity index (χ1n) is 5.55. The van der Waals surface area contributed by atoms with Gasteiger partial charge in [0, 0.05) is 11.8 Å². The van der Waals surface area contributed by atoms with E-state index >= 15 is 0 Å². The van der Waals surface area contributed by atoms with Gasteiger partial charge in [0.1, 0.15) is 0 Å². The molecule has 1 aliphatic rings. The first-order valence-corrected chi connectivity index (χ1v) is 5.55. The van der Waals surface area contributed by atoms with E-state index in [4.69, 9.17) is 0 Å². The van der Waals surface area contributed by atoms with Gasteiger partial charge < -0.3 is 4.98 Å². The van der Waals surface area contributed by atoms with E-state index in [1.54, 1.807) is 6.07 Å². The lowest BCUT2D eigenvalue weighted by molar-refractivity contribution is 0.666. The van der Waals surface area contributed by atoms with E-state index in [-0.39, 0.29) is 5.56 Å². The van der Waals surface area contributed by atoms with Gasteiger partial charge in [-0.3, -0.25) is 4.79 Å². The molecule has 1 aromatic heterocycles. The molecule has 0 saturated carbocycles. The standard InChI is InChI=1S/C12H17NO/c1-2-5-11-10-7-4-3-6-9(10)8-12(14)13-11/h8H,2-7H2,1H3,(H,13,14). The van der Waals surface area contributed by atoms with Crippen molar-refractivity contribution in [3.63, 3.8) is 0 Å². The van der Waals surface area contributed by atoms with Crippen LogP contribution in [0.15, 0.2) is 10.9 Å². The molecule has 0 aliphatic heterocycles. The summed E-state index contributed by atoms with van der Waals surface area (Å²) in [6, 6.07) is 1.79. The lowest BCUT2D eigenvalue weighted by Crippen LogP contribution is -2.16. The molecule has 0 radical (unpaired) electrons. The molecule has 14 heavy (non-hydrogen) atoms. The SMILES string of the molecule is CCCc1[nH]c(=O)cc2c1CCCC2. The summed E-state index contributed by atoms with van der Waals surface area (Å²) in [5, 5.41) is 0. The second-order valence-electron chi connectivity index (χ2n) is 4.07. The Hall–Kier alpha value is -1.05. The second kappa shape index (κ2) is 3.99. The summed E-state index contributed by atoms with van der Waals surface area (Å²) in [5.41, 5.74) is 3.99. The predicted molar refractivity (Wildman–Crippen MR) is 57.7 cm³/mol. The van der Waals surface area contributed by atoms with Crippen molar-refractivity contribution in [3.05, 3.63) is 33.2 Å². The van der Waals surface area contributed by atoms with E-state index in [0.29, 0.717) is 0 Å². The maximum Gasteiger partial charge on any atom is 0.248 e. The van der Waals surface area contributed by atoms with E-state index in [2.05, 4.69) is 11.9 Å². The first-order chi connectivity index (χ1) is 6.81. The quantitative estimate of drug-likeness (QED) is 0.763. The number of aromatic nitrogens is 1. The van der Waals surface area contributed by atoms with Crippen LogP contribution in [0.3, 0.4) is 0 Å². The third-order valence-electron chi connectivity index (χ3n) is 2.95. The summed E-state index contributed by atoms with van der Waals surface area (Å²) in [4.78, 5) is 14.4. The normalized spacial score (nSPS) is 15.2. The molecule has 0 aromatic carbocycles. The Labute approximate surface area is 84.4 Å². The molecule has 0 bridgehead atoms. The highest BCUT2D eigenvalue weighted by Crippen LogP contribution is 2.22. The average molecular weight is 191 g/mol. The summed E-state index contributed by atoms with van der Waals surface area (Å²) in [5.74, 6) is 0. The summed E-state index contributed by atoms with van der Waals surface area (Å²) < 4.78 is 0. The Morgan fingerprint density at radius 2 is 2.14 bits per heavy atom. The Morgan fingerprint density at radius 3 is 2.93 bits per heavy atom. The molecule has 0 atom stereocenters. The average Bonchev–Trinajstić information content (AvgIpc) is 2.18. The third kappa shape index (κ3) is 1.74. The van der Waals surface area contributed by atoms with Gasteiger partial charge in [0.05, 0.1) is 0 Å². The molecule has 0 unspecified atom stereocenters. The number of rotatable bonds is 2. The summed E-state index contributed by atoms with van der Waals surface area (Å²) in [6.07, 6.45) is 6.87. The monoisotopic (exact) mass is 191 g/mol. The molecule has 0 spiro atoms. The maximum absolute atomic E-state index is 11.4. The van der Waals surface area contributed by atoms with Crippen LogP contribution in [0.4, 0.5) is 0 Å². The van der Waals surface area contributed by atoms with Crippen molar-refractivity contribution in [2.75, 3.05) is 0 Å². The lowest BCUT2D eigenvalue weighted by atomic mass is 9.90. The van der Waals surface area contributed by atoms with Crippen LogP contribution in [-0.2, 0) is 19.3 Å². The largest absolute Gasteiger partial charge is 0.326 e. The fraction of sp³-hybridized carbons (Fsp3) is 0.583. The Kier molecular flexibility index (Phi) is 2.71. The minimum absolute atomic E-state index is 0.0779. The van der Waals surface area contributed by atoms with Crippen molar-refractivity contribution in [1.82, 2.24) is 4.98 Å². The van der Waals surface area contributed by atoms with Crippen LogP contribution in [0.2, 0.25) is 0 Å². The molecule has 1 heterocycles. The topological polar surface area (TPSA) is 32.9 Å². The van der Waals surface area contributed by atoms with E-state index in [9.17, 15) is 4.79 Å². The molecule has 0 saturated heterocycles. The zero-order valence-corrected chi connectivity index (χ0v) is 8.73. The Bertz CT molecular complexity index is 378. The van der Waals surface area contributed by atoms with Crippen molar-refractivity contribution in [3.8, 4) is 0 Å². The van der Waals surface area contributed by atoms with Gasteiger partial charge in [0.25, 0.3) is 0 Å². The molecule has 1 N–H and O–H groups in total. The molecule has 1 aliphatic carbocycles. The number of aromatic amines is 1. The number of aryl methyl sites for hydroxylation is 2. The maximum atomic E-state index is 11.4. The van der Waals surface area contributed by atoms with Gasteiger partial charge in [0.15, 0.2) is 0 Å². The molecule has 2 heteroatoms. The van der Waals surface area contributed by atoms with E-state index in [0.717, 1.165) is 25.7 Å². The summed E-state index contributed by atoms with van der Waals surface area (Å²) >= 11 is 0. The molecule has 76 valence electrons. The highest BCUT2D eigenvalue weighted by Gasteiger charge is 2.13. The summed E-state index contributed by atoms with van der Waals surface area (Å²) in [6.45, 7) is 2.15. The minimum atomic E-state index is 0.0779. The van der Waals surface area contributed by atoms with Gasteiger partial charge >= 0.3 is 0 Å². The van der Waals surface area contributed by atoms with Gasteiger partial charge in [-0.25, -0.2) is 0 Å². The van der Waals surface area contributed by atoms with Crippen LogP contribution in [-0.4, -0.2) is 4.98 Å². The van der Waals surface area contributed by atoms with Gasteiger partial charge in [-0.05, 0) is 43.2 Å². The molecule has 2 nitrogen and oxygen atoms in total. The number of fused-ring (bicyclic) bond motifs is 1. The molecular formula is C12H17NO. The van der Waals surface area contributed by atoms with Gasteiger partial charge in [0.2, 0.25) is 5.56 Å². The first kappa shape index (κ1) is 9.50. The third-order valence-corrected chi connectivity index (χ3v) is 2.95. The minimum Gasteiger partial charge on any atom is -0.326 e. The number of H-pyrrole nitrogens is 1. The highest BCUT2D eigenvalue weighted by atomic mass is 16.1.